The van der Waals surface area contributed by atoms with Crippen LogP contribution in [0.4, 0.5) is 4.39 Å². The van der Waals surface area contributed by atoms with E-state index >= 15 is 0 Å². The van der Waals surface area contributed by atoms with Gasteiger partial charge in [0.15, 0.2) is 3.68 Å². The second kappa shape index (κ2) is 3.50. The van der Waals surface area contributed by atoms with Gasteiger partial charge in [-0.2, -0.15) is 0 Å². The lowest BCUT2D eigenvalue weighted by Gasteiger charge is -2.29. The van der Waals surface area contributed by atoms with Crippen LogP contribution in [0.1, 0.15) is 19.3 Å². The Hall–Kier alpha value is -0.0700. The van der Waals surface area contributed by atoms with Crippen LogP contribution in [0.5, 0.6) is 0 Å². The number of alkyl halides is 2. The maximum absolute atomic E-state index is 13.8. The maximum atomic E-state index is 13.8. The Kier molecular flexibility index (Phi) is 2.61. The first kappa shape index (κ1) is 10.4. The van der Waals surface area contributed by atoms with Crippen molar-refractivity contribution in [1.82, 2.24) is 4.90 Å². The monoisotopic (exact) mass is 310 g/mol. The molecule has 2 atom stereocenters. The maximum Gasteiger partial charge on any atom is 0.175 e. The molecule has 2 heterocycles. The summed E-state index contributed by atoms with van der Waals surface area (Å²) in [5.74, 6) is 0. The van der Waals surface area contributed by atoms with Gasteiger partial charge in [0.25, 0.3) is 0 Å². The number of halogens is 2. The van der Waals surface area contributed by atoms with E-state index < -0.39 is 3.68 Å². The third kappa shape index (κ3) is 1.70. The van der Waals surface area contributed by atoms with Crippen molar-refractivity contribution >= 4 is 22.6 Å². The molecular formula is C8H12FIN4. The highest BCUT2D eigenvalue weighted by Crippen LogP contribution is 2.48. The summed E-state index contributed by atoms with van der Waals surface area (Å²) in [6, 6.07) is 0. The van der Waals surface area contributed by atoms with Crippen molar-refractivity contribution in [2.24, 2.45) is 5.11 Å². The molecule has 0 N–H and O–H groups in total. The number of azide groups is 1. The standard InChI is InChI=1S/C8H12FIN4/c9-8(10)4-7(5-12-13-11)2-1-3-14(7)6-8/h1-6H2. The molecule has 78 valence electrons. The molecule has 2 aliphatic heterocycles. The van der Waals surface area contributed by atoms with Crippen molar-refractivity contribution < 1.29 is 4.39 Å². The van der Waals surface area contributed by atoms with Crippen LogP contribution < -0.4 is 0 Å². The van der Waals surface area contributed by atoms with Gasteiger partial charge < -0.3 is 0 Å². The summed E-state index contributed by atoms with van der Waals surface area (Å²) in [6.07, 6.45) is 2.55. The average molecular weight is 310 g/mol. The molecule has 2 fully saturated rings. The molecule has 14 heavy (non-hydrogen) atoms. The van der Waals surface area contributed by atoms with Crippen LogP contribution in [0, 0.1) is 0 Å². The minimum absolute atomic E-state index is 0.178. The molecule has 0 saturated carbocycles. The van der Waals surface area contributed by atoms with E-state index in [0.717, 1.165) is 19.4 Å². The van der Waals surface area contributed by atoms with Crippen LogP contribution in [-0.4, -0.2) is 33.7 Å². The first-order valence-electron chi connectivity index (χ1n) is 4.72. The zero-order valence-electron chi connectivity index (χ0n) is 7.79. The summed E-state index contributed by atoms with van der Waals surface area (Å²) in [4.78, 5) is 4.92. The molecule has 0 radical (unpaired) electrons. The summed E-state index contributed by atoms with van der Waals surface area (Å²) < 4.78 is 12.7. The van der Waals surface area contributed by atoms with E-state index in [-0.39, 0.29) is 5.54 Å². The van der Waals surface area contributed by atoms with Crippen molar-refractivity contribution in [3.63, 3.8) is 0 Å². The first-order chi connectivity index (χ1) is 6.58. The zero-order chi connectivity index (χ0) is 10.2. The van der Waals surface area contributed by atoms with E-state index in [0.29, 0.717) is 19.5 Å². The lowest BCUT2D eigenvalue weighted by atomic mass is 9.94. The Morgan fingerprint density at radius 1 is 1.64 bits per heavy atom. The van der Waals surface area contributed by atoms with Crippen LogP contribution in [0.2, 0.25) is 0 Å². The number of rotatable bonds is 2. The lowest BCUT2D eigenvalue weighted by Crippen LogP contribution is -2.40. The van der Waals surface area contributed by atoms with E-state index in [9.17, 15) is 4.39 Å². The van der Waals surface area contributed by atoms with Crippen molar-refractivity contribution in [3.05, 3.63) is 10.4 Å². The Bertz CT molecular complexity index is 289. The van der Waals surface area contributed by atoms with Gasteiger partial charge in [-0.15, -0.1) is 0 Å². The van der Waals surface area contributed by atoms with E-state index in [2.05, 4.69) is 14.9 Å². The molecule has 0 bridgehead atoms. The predicted octanol–water partition coefficient (Wildman–Crippen LogP) is 2.64. The topological polar surface area (TPSA) is 52.0 Å². The molecule has 0 spiro atoms. The van der Waals surface area contributed by atoms with Gasteiger partial charge in [-0.3, -0.25) is 4.90 Å². The van der Waals surface area contributed by atoms with E-state index in [1.807, 2.05) is 22.6 Å². The van der Waals surface area contributed by atoms with Crippen molar-refractivity contribution in [2.75, 3.05) is 19.6 Å². The van der Waals surface area contributed by atoms with Crippen molar-refractivity contribution in [2.45, 2.75) is 28.5 Å². The van der Waals surface area contributed by atoms with E-state index in [1.54, 1.807) is 0 Å². The van der Waals surface area contributed by atoms with Gasteiger partial charge >= 0.3 is 0 Å². The molecule has 2 unspecified atom stereocenters. The molecule has 2 saturated heterocycles. The minimum Gasteiger partial charge on any atom is -0.293 e. The average Bonchev–Trinajstić information content (AvgIpc) is 2.53. The molecule has 0 aromatic rings. The van der Waals surface area contributed by atoms with Gasteiger partial charge in [-0.1, -0.05) is 5.11 Å². The summed E-state index contributed by atoms with van der Waals surface area (Å²) in [5, 5.41) is 3.62. The minimum atomic E-state index is -1.14. The van der Waals surface area contributed by atoms with Crippen LogP contribution >= 0.6 is 22.6 Å². The fraction of sp³-hybridized carbons (Fsp3) is 1.00. The Morgan fingerprint density at radius 2 is 2.43 bits per heavy atom. The highest BCUT2D eigenvalue weighted by atomic mass is 127. The summed E-state index contributed by atoms with van der Waals surface area (Å²) in [5.41, 5.74) is 8.14. The smallest absolute Gasteiger partial charge is 0.175 e. The van der Waals surface area contributed by atoms with Gasteiger partial charge in [0.1, 0.15) is 0 Å². The number of hydrogen-bond donors (Lipinski definition) is 0. The Balaban J connectivity index is 2.18. The Labute approximate surface area is 95.6 Å². The number of hydrogen-bond acceptors (Lipinski definition) is 2. The van der Waals surface area contributed by atoms with Crippen LogP contribution in [-0.2, 0) is 0 Å². The molecule has 0 amide bonds. The zero-order valence-corrected chi connectivity index (χ0v) is 9.94. The first-order valence-corrected chi connectivity index (χ1v) is 5.80. The molecule has 0 aromatic heterocycles. The number of nitrogens with zero attached hydrogens (tertiary/aromatic N) is 4. The molecule has 4 nitrogen and oxygen atoms in total. The van der Waals surface area contributed by atoms with Gasteiger partial charge in [0.05, 0.1) is 0 Å². The molecule has 0 aliphatic carbocycles. The van der Waals surface area contributed by atoms with Crippen LogP contribution in [0.25, 0.3) is 10.4 Å². The normalized spacial score (nSPS) is 42.1. The van der Waals surface area contributed by atoms with E-state index in [1.165, 1.54) is 0 Å². The SMILES string of the molecule is [N-]=[N+]=NCC12CCCN1CC(F)(I)C2. The van der Waals surface area contributed by atoms with Crippen LogP contribution in [0.15, 0.2) is 5.11 Å². The van der Waals surface area contributed by atoms with Gasteiger partial charge in [0.2, 0.25) is 0 Å². The highest BCUT2D eigenvalue weighted by Gasteiger charge is 2.54. The van der Waals surface area contributed by atoms with Crippen LogP contribution in [0.3, 0.4) is 0 Å². The highest BCUT2D eigenvalue weighted by molar-refractivity contribution is 14.1. The van der Waals surface area contributed by atoms with Gasteiger partial charge in [-0.05, 0) is 47.5 Å². The molecule has 2 rings (SSSR count). The fourth-order valence-corrected chi connectivity index (χ4v) is 3.78. The fourth-order valence-electron chi connectivity index (χ4n) is 2.66. The number of fused-ring (bicyclic) bond motifs is 1. The van der Waals surface area contributed by atoms with Gasteiger partial charge in [0, 0.05) is 30.0 Å². The van der Waals surface area contributed by atoms with Gasteiger partial charge in [-0.25, -0.2) is 4.39 Å². The Morgan fingerprint density at radius 3 is 3.14 bits per heavy atom. The third-order valence-electron chi connectivity index (χ3n) is 3.18. The van der Waals surface area contributed by atoms with Crippen molar-refractivity contribution in [3.8, 4) is 0 Å². The van der Waals surface area contributed by atoms with E-state index in [4.69, 9.17) is 5.53 Å². The summed E-state index contributed by atoms with van der Waals surface area (Å²) >= 11 is 1.87. The molecule has 0 aromatic carbocycles. The third-order valence-corrected chi connectivity index (χ3v) is 3.90. The molecular weight excluding hydrogens is 298 g/mol. The second-order valence-corrected chi connectivity index (χ2v) is 6.10. The molecule has 6 heteroatoms. The lowest BCUT2D eigenvalue weighted by molar-refractivity contribution is 0.203. The quantitative estimate of drug-likeness (QED) is 0.254. The predicted molar refractivity (Wildman–Crippen MR) is 60.0 cm³/mol. The largest absolute Gasteiger partial charge is 0.293 e. The van der Waals surface area contributed by atoms with Crippen molar-refractivity contribution in [1.29, 1.82) is 0 Å². The second-order valence-electron chi connectivity index (χ2n) is 4.17. The molecule has 2 aliphatic rings. The summed E-state index contributed by atoms with van der Waals surface area (Å²) in [7, 11) is 0. The summed E-state index contributed by atoms with van der Waals surface area (Å²) in [6.45, 7) is 1.84.